The SMILES string of the molecule is CCOC(=O)[C@H]1[C@@H]2C(=O)N(CCCCCO)[C@H](C(=O)NCCN3CCOCC3)[C@H]2C=C[C@H]1CC. The minimum Gasteiger partial charge on any atom is -0.466 e. The van der Waals surface area contributed by atoms with Crippen LogP contribution in [0.3, 0.4) is 0 Å². The Bertz CT molecular complexity index is 723. The summed E-state index contributed by atoms with van der Waals surface area (Å²) in [6.45, 7) is 8.92. The van der Waals surface area contributed by atoms with Gasteiger partial charge in [-0.05, 0) is 38.5 Å². The van der Waals surface area contributed by atoms with Crippen molar-refractivity contribution in [1.29, 1.82) is 0 Å². The van der Waals surface area contributed by atoms with Crippen molar-refractivity contribution < 1.29 is 29.0 Å². The number of amides is 2. The highest BCUT2D eigenvalue weighted by molar-refractivity contribution is 5.96. The molecular weight excluding hydrogens is 438 g/mol. The van der Waals surface area contributed by atoms with Crippen LogP contribution in [0.2, 0.25) is 0 Å². The van der Waals surface area contributed by atoms with Gasteiger partial charge in [0.2, 0.25) is 11.8 Å². The van der Waals surface area contributed by atoms with Crippen LogP contribution in [0, 0.1) is 23.7 Å². The molecule has 0 radical (unpaired) electrons. The summed E-state index contributed by atoms with van der Waals surface area (Å²) >= 11 is 0. The Hall–Kier alpha value is -1.97. The Labute approximate surface area is 202 Å². The second-order valence-corrected chi connectivity index (χ2v) is 9.34. The van der Waals surface area contributed by atoms with Crippen LogP contribution in [0.1, 0.15) is 39.5 Å². The van der Waals surface area contributed by atoms with Crippen molar-refractivity contribution in [1.82, 2.24) is 15.1 Å². The average Bonchev–Trinajstić information content (AvgIpc) is 3.13. The lowest BCUT2D eigenvalue weighted by Gasteiger charge is -2.33. The number of ether oxygens (including phenoxy) is 2. The van der Waals surface area contributed by atoms with Gasteiger partial charge in [-0.1, -0.05) is 19.1 Å². The molecular formula is C25H41N3O6. The van der Waals surface area contributed by atoms with E-state index in [1.807, 2.05) is 19.1 Å². The summed E-state index contributed by atoms with van der Waals surface area (Å²) in [5.41, 5.74) is 0. The van der Waals surface area contributed by atoms with E-state index < -0.39 is 17.9 Å². The van der Waals surface area contributed by atoms with E-state index in [4.69, 9.17) is 14.6 Å². The number of esters is 1. The largest absolute Gasteiger partial charge is 0.466 e. The molecule has 34 heavy (non-hydrogen) atoms. The van der Waals surface area contributed by atoms with Crippen molar-refractivity contribution >= 4 is 17.8 Å². The van der Waals surface area contributed by atoms with Gasteiger partial charge >= 0.3 is 5.97 Å². The zero-order valence-corrected chi connectivity index (χ0v) is 20.6. The van der Waals surface area contributed by atoms with Crippen LogP contribution in [0.25, 0.3) is 0 Å². The molecule has 0 aromatic rings. The Kier molecular flexibility index (Phi) is 10.3. The molecule has 0 saturated carbocycles. The van der Waals surface area contributed by atoms with Crippen molar-refractivity contribution in [2.45, 2.75) is 45.6 Å². The number of nitrogens with zero attached hydrogens (tertiary/aromatic N) is 2. The van der Waals surface area contributed by atoms with E-state index in [0.717, 1.165) is 32.5 Å². The zero-order valence-electron chi connectivity index (χ0n) is 20.6. The normalized spacial score (nSPS) is 29.2. The van der Waals surface area contributed by atoms with Crippen LogP contribution in [0.15, 0.2) is 12.2 Å². The fraction of sp³-hybridized carbons (Fsp3) is 0.800. The number of nitrogens with one attached hydrogen (secondary N) is 1. The second kappa shape index (κ2) is 13.2. The number of aliphatic hydroxyl groups is 1. The highest BCUT2D eigenvalue weighted by Gasteiger charge is 2.57. The smallest absolute Gasteiger partial charge is 0.310 e. The van der Waals surface area contributed by atoms with Crippen LogP contribution in [-0.4, -0.2) is 97.9 Å². The van der Waals surface area contributed by atoms with Gasteiger partial charge in [-0.25, -0.2) is 0 Å². The molecule has 0 aromatic carbocycles. The number of morpholine rings is 1. The van der Waals surface area contributed by atoms with Gasteiger partial charge in [0.15, 0.2) is 0 Å². The third kappa shape index (κ3) is 6.17. The molecule has 3 aliphatic rings. The maximum absolute atomic E-state index is 13.7. The number of rotatable bonds is 12. The van der Waals surface area contributed by atoms with E-state index in [1.165, 1.54) is 0 Å². The van der Waals surface area contributed by atoms with Crippen LogP contribution >= 0.6 is 0 Å². The predicted octanol–water partition coefficient (Wildman–Crippen LogP) is 0.816. The van der Waals surface area contributed by atoms with Crippen LogP contribution in [0.5, 0.6) is 0 Å². The summed E-state index contributed by atoms with van der Waals surface area (Å²) < 4.78 is 10.7. The number of hydrogen-bond donors (Lipinski definition) is 2. The monoisotopic (exact) mass is 479 g/mol. The molecule has 3 rings (SSSR count). The van der Waals surface area contributed by atoms with Gasteiger partial charge in [0, 0.05) is 45.2 Å². The molecule has 2 heterocycles. The first kappa shape index (κ1) is 26.6. The number of hydrogen-bond acceptors (Lipinski definition) is 7. The highest BCUT2D eigenvalue weighted by Crippen LogP contribution is 2.45. The lowest BCUT2D eigenvalue weighted by atomic mass is 9.69. The Morgan fingerprint density at radius 2 is 1.91 bits per heavy atom. The molecule has 2 aliphatic heterocycles. The lowest BCUT2D eigenvalue weighted by molar-refractivity contribution is -0.155. The first-order valence-corrected chi connectivity index (χ1v) is 12.9. The summed E-state index contributed by atoms with van der Waals surface area (Å²) in [5, 5.41) is 12.2. The first-order valence-electron chi connectivity index (χ1n) is 12.9. The number of aliphatic hydroxyl groups excluding tert-OH is 1. The summed E-state index contributed by atoms with van der Waals surface area (Å²) in [5.74, 6) is -2.24. The molecule has 192 valence electrons. The van der Waals surface area contributed by atoms with Gasteiger partial charge in [0.25, 0.3) is 0 Å². The van der Waals surface area contributed by atoms with E-state index in [-0.39, 0.29) is 42.8 Å². The van der Waals surface area contributed by atoms with Gasteiger partial charge in [0.1, 0.15) is 6.04 Å². The number of likely N-dealkylation sites (tertiary alicyclic amines) is 1. The lowest BCUT2D eigenvalue weighted by Crippen LogP contribution is -2.49. The van der Waals surface area contributed by atoms with E-state index in [1.54, 1.807) is 11.8 Å². The predicted molar refractivity (Wildman–Crippen MR) is 127 cm³/mol. The van der Waals surface area contributed by atoms with E-state index in [9.17, 15) is 14.4 Å². The van der Waals surface area contributed by atoms with Crippen molar-refractivity contribution in [2.75, 3.05) is 59.2 Å². The number of allylic oxidation sites excluding steroid dienone is 1. The van der Waals surface area contributed by atoms with E-state index >= 15 is 0 Å². The number of carbonyl (C=O) groups excluding carboxylic acids is 3. The molecule has 2 amide bonds. The van der Waals surface area contributed by atoms with Crippen LogP contribution < -0.4 is 5.32 Å². The molecule has 0 aromatic heterocycles. The molecule has 2 fully saturated rings. The quantitative estimate of drug-likeness (QED) is 0.242. The van der Waals surface area contributed by atoms with Crippen molar-refractivity contribution in [3.05, 3.63) is 12.2 Å². The summed E-state index contributed by atoms with van der Waals surface area (Å²) in [6, 6.07) is -0.637. The first-order chi connectivity index (χ1) is 16.5. The molecule has 1 aliphatic carbocycles. The minimum absolute atomic E-state index is 0.0800. The molecule has 2 saturated heterocycles. The molecule has 0 unspecified atom stereocenters. The highest BCUT2D eigenvalue weighted by atomic mass is 16.5. The van der Waals surface area contributed by atoms with Crippen molar-refractivity contribution in [3.8, 4) is 0 Å². The molecule has 2 N–H and O–H groups in total. The summed E-state index contributed by atoms with van der Waals surface area (Å²) in [6.07, 6.45) is 6.84. The van der Waals surface area contributed by atoms with Crippen LogP contribution in [0.4, 0.5) is 0 Å². The molecule has 0 bridgehead atoms. The maximum Gasteiger partial charge on any atom is 0.310 e. The number of unbranched alkanes of at least 4 members (excludes halogenated alkanes) is 2. The van der Waals surface area contributed by atoms with Gasteiger partial charge in [0.05, 0.1) is 31.7 Å². The summed E-state index contributed by atoms with van der Waals surface area (Å²) in [7, 11) is 0. The topological polar surface area (TPSA) is 108 Å². The minimum atomic E-state index is -0.637. The Morgan fingerprint density at radius 1 is 1.15 bits per heavy atom. The van der Waals surface area contributed by atoms with Gasteiger partial charge < -0.3 is 24.8 Å². The third-order valence-corrected chi connectivity index (χ3v) is 7.30. The third-order valence-electron chi connectivity index (χ3n) is 7.30. The van der Waals surface area contributed by atoms with Crippen molar-refractivity contribution in [2.24, 2.45) is 23.7 Å². The average molecular weight is 480 g/mol. The molecule has 0 spiro atoms. The van der Waals surface area contributed by atoms with Gasteiger partial charge in [-0.2, -0.15) is 0 Å². The fourth-order valence-corrected chi connectivity index (χ4v) is 5.53. The molecule has 5 atom stereocenters. The Morgan fingerprint density at radius 3 is 2.59 bits per heavy atom. The van der Waals surface area contributed by atoms with Gasteiger partial charge in [-0.15, -0.1) is 0 Å². The standard InChI is InChI=1S/C25H41N3O6/c1-3-18-8-9-19-21(20(18)25(32)34-4-2)24(31)28(11-6-5-7-15-29)22(19)23(30)26-10-12-27-13-16-33-17-14-27/h8-9,18-22,29H,3-7,10-17H2,1-2H3,(H,26,30)/t18-,19+,20-,21-,22+/m1/s1. The second-order valence-electron chi connectivity index (χ2n) is 9.34. The maximum atomic E-state index is 13.7. The van der Waals surface area contributed by atoms with Crippen molar-refractivity contribution in [3.63, 3.8) is 0 Å². The van der Waals surface area contributed by atoms with E-state index in [2.05, 4.69) is 10.2 Å². The number of carbonyl (C=O) groups is 3. The molecule has 9 heteroatoms. The Balaban J connectivity index is 1.76. The zero-order chi connectivity index (χ0) is 24.5. The number of fused-ring (bicyclic) bond motifs is 1. The fourth-order valence-electron chi connectivity index (χ4n) is 5.53. The van der Waals surface area contributed by atoms with Gasteiger partial charge in [-0.3, -0.25) is 19.3 Å². The molecule has 9 nitrogen and oxygen atoms in total. The van der Waals surface area contributed by atoms with Crippen LogP contribution in [-0.2, 0) is 23.9 Å². The van der Waals surface area contributed by atoms with E-state index in [0.29, 0.717) is 39.1 Å². The summed E-state index contributed by atoms with van der Waals surface area (Å²) in [4.78, 5) is 43.9.